The Morgan fingerprint density at radius 2 is 1.69 bits per heavy atom. The van der Waals surface area contributed by atoms with Crippen molar-refractivity contribution in [2.75, 3.05) is 26.7 Å². The first-order valence-electron chi connectivity index (χ1n) is 8.99. The van der Waals surface area contributed by atoms with Gasteiger partial charge in [0, 0.05) is 25.6 Å². The van der Waals surface area contributed by atoms with Crippen LogP contribution in [0.5, 0.6) is 0 Å². The van der Waals surface area contributed by atoms with Gasteiger partial charge in [0.1, 0.15) is 0 Å². The predicted octanol–water partition coefficient (Wildman–Crippen LogP) is 1.76. The third-order valence-corrected chi connectivity index (χ3v) is 4.88. The Morgan fingerprint density at radius 3 is 2.23 bits per heavy atom. The molecule has 0 radical (unpaired) electrons. The normalized spacial score (nSPS) is 17.8. The van der Waals surface area contributed by atoms with Gasteiger partial charge in [0.25, 0.3) is 0 Å². The second-order valence-corrected chi connectivity index (χ2v) is 6.67. The van der Waals surface area contributed by atoms with Crippen LogP contribution in [-0.2, 0) is 9.59 Å². The van der Waals surface area contributed by atoms with Crippen molar-refractivity contribution in [3.63, 3.8) is 0 Å². The summed E-state index contributed by atoms with van der Waals surface area (Å²) in [4.78, 5) is 26.4. The SMILES string of the molecule is CN1CCNC(=O)C1CC(=O)NCC(c1ccccc1)c1ccccc1. The molecule has 0 spiro atoms. The van der Waals surface area contributed by atoms with Crippen LogP contribution in [0.15, 0.2) is 60.7 Å². The Hall–Kier alpha value is -2.66. The van der Waals surface area contributed by atoms with Crippen LogP contribution in [0.1, 0.15) is 23.5 Å². The number of nitrogens with one attached hydrogen (secondary N) is 2. The molecule has 1 aliphatic heterocycles. The standard InChI is InChI=1S/C21H25N3O2/c1-24-13-12-22-21(26)19(24)14-20(25)23-15-18(16-8-4-2-5-9-16)17-10-6-3-7-11-17/h2-11,18-19H,12-15H2,1H3,(H,22,26)(H,23,25). The second-order valence-electron chi connectivity index (χ2n) is 6.67. The Balaban J connectivity index is 1.66. The van der Waals surface area contributed by atoms with Crippen molar-refractivity contribution in [2.24, 2.45) is 0 Å². The predicted molar refractivity (Wildman–Crippen MR) is 102 cm³/mol. The lowest BCUT2D eigenvalue weighted by Crippen LogP contribution is -2.55. The van der Waals surface area contributed by atoms with Crippen LogP contribution in [0, 0.1) is 0 Å². The average Bonchev–Trinajstić information content (AvgIpc) is 2.67. The van der Waals surface area contributed by atoms with Crippen LogP contribution in [-0.4, -0.2) is 49.4 Å². The van der Waals surface area contributed by atoms with Gasteiger partial charge in [-0.15, -0.1) is 0 Å². The Bertz CT molecular complexity index is 694. The number of benzene rings is 2. The maximum absolute atomic E-state index is 12.5. The molecule has 0 saturated carbocycles. The number of hydrogen-bond acceptors (Lipinski definition) is 3. The Kier molecular flexibility index (Phi) is 6.02. The van der Waals surface area contributed by atoms with Crippen LogP contribution in [0.4, 0.5) is 0 Å². The highest BCUT2D eigenvalue weighted by atomic mass is 16.2. The first-order valence-corrected chi connectivity index (χ1v) is 8.99. The lowest BCUT2D eigenvalue weighted by molar-refractivity contribution is -0.133. The van der Waals surface area contributed by atoms with Gasteiger partial charge in [-0.1, -0.05) is 60.7 Å². The zero-order valence-corrected chi connectivity index (χ0v) is 15.0. The number of hydrogen-bond donors (Lipinski definition) is 2. The minimum absolute atomic E-state index is 0.0726. The average molecular weight is 351 g/mol. The quantitative estimate of drug-likeness (QED) is 0.834. The number of carbonyl (C=O) groups is 2. The highest BCUT2D eigenvalue weighted by molar-refractivity contribution is 5.88. The summed E-state index contributed by atoms with van der Waals surface area (Å²) in [6.45, 7) is 1.91. The van der Waals surface area contributed by atoms with Crippen LogP contribution in [0.2, 0.25) is 0 Å². The summed E-state index contributed by atoms with van der Waals surface area (Å²) in [5.41, 5.74) is 2.32. The summed E-state index contributed by atoms with van der Waals surface area (Å²) in [6, 6.07) is 19.9. The van der Waals surface area contributed by atoms with Crippen LogP contribution in [0.25, 0.3) is 0 Å². The van der Waals surface area contributed by atoms with Gasteiger partial charge in [-0.2, -0.15) is 0 Å². The van der Waals surface area contributed by atoms with Crippen molar-refractivity contribution in [3.05, 3.63) is 71.8 Å². The van der Waals surface area contributed by atoms with E-state index in [0.29, 0.717) is 13.1 Å². The first kappa shape index (κ1) is 18.1. The van der Waals surface area contributed by atoms with Crippen molar-refractivity contribution >= 4 is 11.8 Å². The fraction of sp³-hybridized carbons (Fsp3) is 0.333. The zero-order valence-electron chi connectivity index (χ0n) is 15.0. The molecule has 136 valence electrons. The molecule has 2 N–H and O–H groups in total. The highest BCUT2D eigenvalue weighted by Crippen LogP contribution is 2.23. The van der Waals surface area contributed by atoms with Gasteiger partial charge < -0.3 is 10.6 Å². The summed E-state index contributed by atoms with van der Waals surface area (Å²) in [6.07, 6.45) is 0.179. The molecule has 5 nitrogen and oxygen atoms in total. The zero-order chi connectivity index (χ0) is 18.4. The maximum Gasteiger partial charge on any atom is 0.237 e. The van der Waals surface area contributed by atoms with E-state index in [1.807, 2.05) is 48.3 Å². The summed E-state index contributed by atoms with van der Waals surface area (Å²) < 4.78 is 0. The molecule has 2 amide bonds. The van der Waals surface area contributed by atoms with Crippen molar-refractivity contribution in [1.29, 1.82) is 0 Å². The Morgan fingerprint density at radius 1 is 1.12 bits per heavy atom. The van der Waals surface area contributed by atoms with E-state index in [9.17, 15) is 9.59 Å². The van der Waals surface area contributed by atoms with Crippen molar-refractivity contribution in [3.8, 4) is 0 Å². The fourth-order valence-electron chi connectivity index (χ4n) is 3.34. The smallest absolute Gasteiger partial charge is 0.237 e. The van der Waals surface area contributed by atoms with Crippen molar-refractivity contribution in [1.82, 2.24) is 15.5 Å². The maximum atomic E-state index is 12.5. The molecule has 1 saturated heterocycles. The van der Waals surface area contributed by atoms with Gasteiger partial charge in [0.2, 0.25) is 11.8 Å². The molecule has 0 bridgehead atoms. The van der Waals surface area contributed by atoms with E-state index in [2.05, 4.69) is 34.9 Å². The molecule has 2 aromatic carbocycles. The molecular weight excluding hydrogens is 326 g/mol. The van der Waals surface area contributed by atoms with Gasteiger partial charge >= 0.3 is 0 Å². The molecule has 5 heteroatoms. The molecule has 2 aromatic rings. The third kappa shape index (κ3) is 4.49. The van der Waals surface area contributed by atoms with Crippen molar-refractivity contribution < 1.29 is 9.59 Å². The molecule has 0 aromatic heterocycles. The monoisotopic (exact) mass is 351 g/mol. The third-order valence-electron chi connectivity index (χ3n) is 4.88. The minimum atomic E-state index is -0.393. The lowest BCUT2D eigenvalue weighted by Gasteiger charge is -2.31. The van der Waals surface area contributed by atoms with Gasteiger partial charge in [0.05, 0.1) is 12.5 Å². The van der Waals surface area contributed by atoms with E-state index in [0.717, 1.165) is 17.7 Å². The van der Waals surface area contributed by atoms with E-state index >= 15 is 0 Å². The molecular formula is C21H25N3O2. The van der Waals surface area contributed by atoms with Gasteiger partial charge in [-0.3, -0.25) is 14.5 Å². The minimum Gasteiger partial charge on any atom is -0.355 e. The Labute approximate surface area is 154 Å². The highest BCUT2D eigenvalue weighted by Gasteiger charge is 2.29. The summed E-state index contributed by atoms with van der Waals surface area (Å²) in [7, 11) is 1.88. The second kappa shape index (κ2) is 8.63. The number of rotatable bonds is 6. The van der Waals surface area contributed by atoms with E-state index < -0.39 is 6.04 Å². The molecule has 1 unspecified atom stereocenters. The fourth-order valence-corrected chi connectivity index (χ4v) is 3.34. The molecule has 1 heterocycles. The number of nitrogens with zero attached hydrogens (tertiary/aromatic N) is 1. The molecule has 3 rings (SSSR count). The van der Waals surface area contributed by atoms with Gasteiger partial charge in [-0.05, 0) is 18.2 Å². The van der Waals surface area contributed by atoms with Crippen LogP contribution in [0.3, 0.4) is 0 Å². The van der Waals surface area contributed by atoms with E-state index in [-0.39, 0.29) is 24.2 Å². The molecule has 1 atom stereocenters. The van der Waals surface area contributed by atoms with Crippen LogP contribution < -0.4 is 10.6 Å². The largest absolute Gasteiger partial charge is 0.355 e. The topological polar surface area (TPSA) is 61.4 Å². The lowest BCUT2D eigenvalue weighted by atomic mass is 9.91. The summed E-state index contributed by atoms with van der Waals surface area (Å²) in [5, 5.41) is 5.85. The molecule has 1 fully saturated rings. The molecule has 0 aliphatic carbocycles. The van der Waals surface area contributed by atoms with E-state index in [4.69, 9.17) is 0 Å². The van der Waals surface area contributed by atoms with Gasteiger partial charge in [0.15, 0.2) is 0 Å². The number of piperazine rings is 1. The van der Waals surface area contributed by atoms with Gasteiger partial charge in [-0.25, -0.2) is 0 Å². The molecule has 1 aliphatic rings. The van der Waals surface area contributed by atoms with E-state index in [1.165, 1.54) is 0 Å². The number of carbonyl (C=O) groups excluding carboxylic acids is 2. The number of likely N-dealkylation sites (N-methyl/N-ethyl adjacent to an activating group) is 1. The number of amides is 2. The van der Waals surface area contributed by atoms with Crippen LogP contribution >= 0.6 is 0 Å². The summed E-state index contributed by atoms with van der Waals surface area (Å²) in [5.74, 6) is -0.0911. The first-order chi connectivity index (χ1) is 12.6. The molecule has 26 heavy (non-hydrogen) atoms. The van der Waals surface area contributed by atoms with Crippen molar-refractivity contribution in [2.45, 2.75) is 18.4 Å². The summed E-state index contributed by atoms with van der Waals surface area (Å²) >= 11 is 0. The van der Waals surface area contributed by atoms with E-state index in [1.54, 1.807) is 0 Å².